The van der Waals surface area contributed by atoms with Crippen LogP contribution in [0.4, 0.5) is 5.82 Å². The number of carbonyl (C=O) groups excluding carboxylic acids is 1. The summed E-state index contributed by atoms with van der Waals surface area (Å²) in [6.07, 6.45) is 8.55. The van der Waals surface area contributed by atoms with E-state index >= 15 is 0 Å². The molecule has 0 bridgehead atoms. The molecule has 1 amide bonds. The van der Waals surface area contributed by atoms with E-state index in [0.717, 1.165) is 47.8 Å². The topological polar surface area (TPSA) is 67.4 Å². The predicted octanol–water partition coefficient (Wildman–Crippen LogP) is 3.79. The molecule has 1 N–H and O–H groups in total. The zero-order valence-electron chi connectivity index (χ0n) is 16.9. The normalized spacial score (nSPS) is 19.0. The molecule has 156 valence electrons. The first-order valence-corrected chi connectivity index (χ1v) is 11.8. The van der Waals surface area contributed by atoms with Gasteiger partial charge in [-0.15, -0.1) is 0 Å². The average molecular weight is 415 g/mol. The molecule has 6 nitrogen and oxygen atoms in total. The summed E-state index contributed by atoms with van der Waals surface area (Å²) < 4.78 is 5.49. The van der Waals surface area contributed by atoms with E-state index in [2.05, 4.69) is 10.2 Å². The highest BCUT2D eigenvalue weighted by molar-refractivity contribution is 8.00. The number of para-hydroxylation sites is 2. The molecular formula is C22H30N4O2S. The molecule has 0 atom stereocenters. The van der Waals surface area contributed by atoms with E-state index in [1.165, 1.54) is 43.9 Å². The van der Waals surface area contributed by atoms with Crippen molar-refractivity contribution < 1.29 is 9.53 Å². The largest absolute Gasteiger partial charge is 0.378 e. The van der Waals surface area contributed by atoms with Crippen LogP contribution < -0.4 is 10.2 Å². The van der Waals surface area contributed by atoms with Crippen LogP contribution in [0.1, 0.15) is 44.9 Å². The summed E-state index contributed by atoms with van der Waals surface area (Å²) in [5.74, 6) is 1.35. The standard InChI is InChI=1S/C22H30N4O2S/c27-20(23-17-8-4-2-1-3-5-9-17)16-29-22-21(26-12-14-28-15-13-26)24-18-10-6-7-11-19(18)25-22/h6-7,10-11,17H,1-5,8-9,12-16H2,(H,23,27). The highest BCUT2D eigenvalue weighted by Crippen LogP contribution is 2.29. The van der Waals surface area contributed by atoms with Crippen molar-refractivity contribution in [3.63, 3.8) is 0 Å². The number of rotatable bonds is 5. The lowest BCUT2D eigenvalue weighted by atomic mass is 9.97. The summed E-state index contributed by atoms with van der Waals surface area (Å²) in [6.45, 7) is 2.99. The van der Waals surface area contributed by atoms with E-state index in [1.54, 1.807) is 0 Å². The van der Waals surface area contributed by atoms with Crippen LogP contribution in [0.3, 0.4) is 0 Å². The quantitative estimate of drug-likeness (QED) is 0.751. The SMILES string of the molecule is O=C(CSc1nc2ccccc2nc1N1CCOCC1)NC1CCCCCCC1. The summed E-state index contributed by atoms with van der Waals surface area (Å²) in [4.78, 5) is 24.5. The Morgan fingerprint density at radius 1 is 1.03 bits per heavy atom. The smallest absolute Gasteiger partial charge is 0.230 e. The number of morpholine rings is 1. The van der Waals surface area contributed by atoms with Gasteiger partial charge in [0.25, 0.3) is 0 Å². The Morgan fingerprint density at radius 2 is 1.69 bits per heavy atom. The zero-order valence-corrected chi connectivity index (χ0v) is 17.8. The van der Waals surface area contributed by atoms with Crippen molar-refractivity contribution in [3.05, 3.63) is 24.3 Å². The van der Waals surface area contributed by atoms with Gasteiger partial charge < -0.3 is 15.0 Å². The third kappa shape index (κ3) is 5.60. The van der Waals surface area contributed by atoms with Gasteiger partial charge in [0.15, 0.2) is 5.82 Å². The molecule has 0 radical (unpaired) electrons. The molecule has 1 aromatic heterocycles. The molecule has 0 unspecified atom stereocenters. The lowest BCUT2D eigenvalue weighted by Crippen LogP contribution is -2.37. The van der Waals surface area contributed by atoms with Gasteiger partial charge in [0.2, 0.25) is 5.91 Å². The van der Waals surface area contributed by atoms with Gasteiger partial charge in [0.05, 0.1) is 30.0 Å². The number of anilines is 1. The third-order valence-corrected chi connectivity index (χ3v) is 6.60. The van der Waals surface area contributed by atoms with E-state index in [-0.39, 0.29) is 5.91 Å². The van der Waals surface area contributed by atoms with Gasteiger partial charge in [-0.2, -0.15) is 0 Å². The number of hydrogen-bond donors (Lipinski definition) is 1. The minimum Gasteiger partial charge on any atom is -0.378 e. The van der Waals surface area contributed by atoms with E-state index < -0.39 is 0 Å². The van der Waals surface area contributed by atoms with Crippen LogP contribution in [-0.4, -0.2) is 54.0 Å². The highest BCUT2D eigenvalue weighted by atomic mass is 32.2. The molecule has 1 aliphatic heterocycles. The monoisotopic (exact) mass is 414 g/mol. The molecular weight excluding hydrogens is 384 g/mol. The molecule has 2 aromatic rings. The second-order valence-electron chi connectivity index (χ2n) is 7.84. The van der Waals surface area contributed by atoms with E-state index in [1.807, 2.05) is 24.3 Å². The fourth-order valence-electron chi connectivity index (χ4n) is 4.06. The van der Waals surface area contributed by atoms with Gasteiger partial charge >= 0.3 is 0 Å². The van der Waals surface area contributed by atoms with Crippen LogP contribution in [0.25, 0.3) is 11.0 Å². The van der Waals surface area contributed by atoms with Crippen molar-refractivity contribution in [2.75, 3.05) is 37.0 Å². The van der Waals surface area contributed by atoms with Crippen LogP contribution in [0, 0.1) is 0 Å². The van der Waals surface area contributed by atoms with E-state index in [4.69, 9.17) is 14.7 Å². The zero-order chi connectivity index (χ0) is 19.9. The summed E-state index contributed by atoms with van der Waals surface area (Å²) in [5, 5.41) is 4.08. The Labute approximate surface area is 176 Å². The second kappa shape index (κ2) is 10.3. The number of nitrogens with zero attached hydrogens (tertiary/aromatic N) is 3. The number of amides is 1. The third-order valence-electron chi connectivity index (χ3n) is 5.64. The van der Waals surface area contributed by atoms with Crippen LogP contribution in [-0.2, 0) is 9.53 Å². The lowest BCUT2D eigenvalue weighted by molar-refractivity contribution is -0.119. The maximum absolute atomic E-state index is 12.6. The van der Waals surface area contributed by atoms with Crippen molar-refractivity contribution in [2.24, 2.45) is 0 Å². The summed E-state index contributed by atoms with van der Waals surface area (Å²) >= 11 is 1.49. The molecule has 2 aliphatic rings. The number of fused-ring (bicyclic) bond motifs is 1. The first-order chi connectivity index (χ1) is 14.3. The maximum atomic E-state index is 12.6. The molecule has 4 rings (SSSR count). The summed E-state index contributed by atoms with van der Waals surface area (Å²) in [6, 6.07) is 8.24. The Hall–Kier alpha value is -1.86. The number of hydrogen-bond acceptors (Lipinski definition) is 6. The van der Waals surface area contributed by atoms with Gasteiger partial charge in [-0.3, -0.25) is 4.79 Å². The first-order valence-electron chi connectivity index (χ1n) is 10.8. The van der Waals surface area contributed by atoms with Gasteiger partial charge in [0, 0.05) is 19.1 Å². The number of thioether (sulfide) groups is 1. The van der Waals surface area contributed by atoms with Crippen LogP contribution >= 0.6 is 11.8 Å². The molecule has 2 fully saturated rings. The van der Waals surface area contributed by atoms with Gasteiger partial charge in [0.1, 0.15) is 5.03 Å². The predicted molar refractivity (Wildman–Crippen MR) is 118 cm³/mol. The second-order valence-corrected chi connectivity index (χ2v) is 8.80. The molecule has 1 aliphatic carbocycles. The molecule has 7 heteroatoms. The Kier molecular flexibility index (Phi) is 7.22. The van der Waals surface area contributed by atoms with Crippen molar-refractivity contribution >= 4 is 34.5 Å². The molecule has 1 aromatic carbocycles. The van der Waals surface area contributed by atoms with Crippen molar-refractivity contribution in [3.8, 4) is 0 Å². The molecule has 1 saturated carbocycles. The average Bonchev–Trinajstić information content (AvgIpc) is 2.74. The fourth-order valence-corrected chi connectivity index (χ4v) is 4.87. The minimum absolute atomic E-state index is 0.100. The first kappa shape index (κ1) is 20.4. The van der Waals surface area contributed by atoms with Crippen LogP contribution in [0.2, 0.25) is 0 Å². The molecule has 29 heavy (non-hydrogen) atoms. The Balaban J connectivity index is 1.45. The van der Waals surface area contributed by atoms with Crippen molar-refractivity contribution in [1.29, 1.82) is 0 Å². The van der Waals surface area contributed by atoms with Gasteiger partial charge in [-0.1, -0.05) is 56.0 Å². The lowest BCUT2D eigenvalue weighted by Gasteiger charge is -2.29. The number of benzene rings is 1. The van der Waals surface area contributed by atoms with Crippen LogP contribution in [0.5, 0.6) is 0 Å². The Morgan fingerprint density at radius 3 is 2.41 bits per heavy atom. The van der Waals surface area contributed by atoms with Gasteiger partial charge in [-0.25, -0.2) is 9.97 Å². The van der Waals surface area contributed by atoms with E-state index in [0.29, 0.717) is 25.0 Å². The summed E-state index contributed by atoms with van der Waals surface area (Å²) in [5.41, 5.74) is 1.75. The number of aromatic nitrogens is 2. The molecule has 1 saturated heterocycles. The maximum Gasteiger partial charge on any atom is 0.230 e. The molecule has 0 spiro atoms. The van der Waals surface area contributed by atoms with Crippen molar-refractivity contribution in [2.45, 2.75) is 56.0 Å². The summed E-state index contributed by atoms with van der Waals surface area (Å²) in [7, 11) is 0. The Bertz CT molecular complexity index is 818. The molecule has 2 heterocycles. The van der Waals surface area contributed by atoms with E-state index in [9.17, 15) is 4.79 Å². The number of nitrogens with one attached hydrogen (secondary N) is 1. The van der Waals surface area contributed by atoms with Gasteiger partial charge in [-0.05, 0) is 25.0 Å². The fraction of sp³-hybridized carbons (Fsp3) is 0.591. The number of carbonyl (C=O) groups is 1. The van der Waals surface area contributed by atoms with Crippen molar-refractivity contribution in [1.82, 2.24) is 15.3 Å². The minimum atomic E-state index is 0.100. The van der Waals surface area contributed by atoms with Crippen LogP contribution in [0.15, 0.2) is 29.3 Å². The number of ether oxygens (including phenoxy) is 1. The highest BCUT2D eigenvalue weighted by Gasteiger charge is 2.20.